The zero-order valence-electron chi connectivity index (χ0n) is 12.5. The summed E-state index contributed by atoms with van der Waals surface area (Å²) in [7, 11) is 0. The van der Waals surface area contributed by atoms with Crippen LogP contribution in [0, 0.1) is 0 Å². The van der Waals surface area contributed by atoms with Crippen LogP contribution in [0.4, 0.5) is 5.82 Å². The Morgan fingerprint density at radius 2 is 2.13 bits per heavy atom. The zero-order chi connectivity index (χ0) is 15.6. The lowest BCUT2D eigenvalue weighted by atomic mass is 10.2. The quantitative estimate of drug-likeness (QED) is 0.787. The summed E-state index contributed by atoms with van der Waals surface area (Å²) in [6.45, 7) is 1.79. The van der Waals surface area contributed by atoms with E-state index in [2.05, 4.69) is 25.0 Å². The van der Waals surface area contributed by atoms with Crippen LogP contribution in [0.1, 0.15) is 6.42 Å². The second-order valence-electron chi connectivity index (χ2n) is 5.56. The molecule has 4 heterocycles. The molecule has 23 heavy (non-hydrogen) atoms. The van der Waals surface area contributed by atoms with Gasteiger partial charge in [0.25, 0.3) is 5.89 Å². The third-order valence-corrected chi connectivity index (χ3v) is 3.89. The summed E-state index contributed by atoms with van der Waals surface area (Å²) in [4.78, 5) is 15.1. The van der Waals surface area contributed by atoms with Crippen molar-refractivity contribution in [2.45, 2.75) is 12.5 Å². The predicted octanol–water partition coefficient (Wildman–Crippen LogP) is 1.73. The number of pyridine rings is 2. The summed E-state index contributed by atoms with van der Waals surface area (Å²) in [5.74, 6) is 1.89. The van der Waals surface area contributed by atoms with E-state index in [0.717, 1.165) is 36.5 Å². The summed E-state index contributed by atoms with van der Waals surface area (Å²) in [5.41, 5.74) is 7.54. The Morgan fingerprint density at radius 3 is 2.83 bits per heavy atom. The van der Waals surface area contributed by atoms with E-state index in [1.807, 2.05) is 24.3 Å². The van der Waals surface area contributed by atoms with Crippen molar-refractivity contribution in [1.29, 1.82) is 0 Å². The van der Waals surface area contributed by atoms with Gasteiger partial charge in [-0.3, -0.25) is 4.98 Å². The van der Waals surface area contributed by atoms with Gasteiger partial charge in [0, 0.05) is 43.3 Å². The molecule has 1 aliphatic heterocycles. The van der Waals surface area contributed by atoms with Crippen molar-refractivity contribution >= 4 is 5.82 Å². The summed E-state index contributed by atoms with van der Waals surface area (Å²) in [5, 5.41) is 3.99. The van der Waals surface area contributed by atoms with Crippen LogP contribution in [0.2, 0.25) is 0 Å². The normalized spacial score (nSPS) is 17.6. The molecule has 1 unspecified atom stereocenters. The van der Waals surface area contributed by atoms with Crippen molar-refractivity contribution in [3.05, 3.63) is 42.9 Å². The second kappa shape index (κ2) is 5.77. The van der Waals surface area contributed by atoms with Gasteiger partial charge in [0.2, 0.25) is 5.82 Å². The van der Waals surface area contributed by atoms with Crippen LogP contribution in [0.15, 0.2) is 47.4 Å². The van der Waals surface area contributed by atoms with Crippen molar-refractivity contribution in [3.63, 3.8) is 0 Å². The summed E-state index contributed by atoms with van der Waals surface area (Å²) < 4.78 is 5.33. The minimum Gasteiger partial charge on any atom is -0.355 e. The Hall–Kier alpha value is -2.80. The Bertz CT molecular complexity index is 786. The summed E-state index contributed by atoms with van der Waals surface area (Å²) in [6, 6.07) is 7.85. The van der Waals surface area contributed by atoms with E-state index in [1.165, 1.54) is 0 Å². The highest BCUT2D eigenvalue weighted by Crippen LogP contribution is 2.23. The fraction of sp³-hybridized carbons (Fsp3) is 0.250. The largest absolute Gasteiger partial charge is 0.355 e. The standard InChI is InChI=1S/C16H16N6O/c17-13-5-7-22(10-13)14-4-3-12(9-19-14)16-20-15(21-23-16)11-2-1-6-18-8-11/h1-4,6,8-9,13H,5,7,10,17H2. The maximum atomic E-state index is 5.93. The number of nitrogens with two attached hydrogens (primary N) is 1. The lowest BCUT2D eigenvalue weighted by molar-refractivity contribution is 0.432. The molecule has 1 aliphatic rings. The molecule has 0 aliphatic carbocycles. The highest BCUT2D eigenvalue weighted by Gasteiger charge is 2.20. The van der Waals surface area contributed by atoms with E-state index in [9.17, 15) is 0 Å². The number of hydrogen-bond donors (Lipinski definition) is 1. The smallest absolute Gasteiger partial charge is 0.259 e. The van der Waals surface area contributed by atoms with Crippen molar-refractivity contribution in [1.82, 2.24) is 20.1 Å². The van der Waals surface area contributed by atoms with Gasteiger partial charge in [0.05, 0.1) is 5.56 Å². The molecular weight excluding hydrogens is 292 g/mol. The molecule has 4 rings (SSSR count). The van der Waals surface area contributed by atoms with Gasteiger partial charge >= 0.3 is 0 Å². The SMILES string of the molecule is NC1CCN(c2ccc(-c3nc(-c4cccnc4)no3)cn2)C1. The maximum Gasteiger partial charge on any atom is 0.259 e. The van der Waals surface area contributed by atoms with Gasteiger partial charge in [-0.1, -0.05) is 5.16 Å². The highest BCUT2D eigenvalue weighted by atomic mass is 16.5. The molecule has 0 radical (unpaired) electrons. The molecule has 1 atom stereocenters. The van der Waals surface area contributed by atoms with E-state index in [1.54, 1.807) is 18.6 Å². The van der Waals surface area contributed by atoms with Gasteiger partial charge in [-0.2, -0.15) is 4.98 Å². The van der Waals surface area contributed by atoms with E-state index in [-0.39, 0.29) is 6.04 Å². The predicted molar refractivity (Wildman–Crippen MR) is 85.6 cm³/mol. The number of nitrogens with zero attached hydrogens (tertiary/aromatic N) is 5. The average molecular weight is 308 g/mol. The highest BCUT2D eigenvalue weighted by molar-refractivity contribution is 5.59. The fourth-order valence-electron chi connectivity index (χ4n) is 2.65. The first kappa shape index (κ1) is 13.8. The molecule has 1 saturated heterocycles. The topological polar surface area (TPSA) is 94.0 Å². The van der Waals surface area contributed by atoms with Crippen LogP contribution in [0.25, 0.3) is 22.8 Å². The van der Waals surface area contributed by atoms with Crippen LogP contribution in [0.3, 0.4) is 0 Å². The molecule has 1 fully saturated rings. The molecule has 0 saturated carbocycles. The number of aromatic nitrogens is 4. The van der Waals surface area contributed by atoms with Gasteiger partial charge in [-0.15, -0.1) is 0 Å². The number of anilines is 1. The molecule has 0 bridgehead atoms. The van der Waals surface area contributed by atoms with Crippen LogP contribution in [-0.2, 0) is 0 Å². The summed E-state index contributed by atoms with van der Waals surface area (Å²) >= 11 is 0. The number of hydrogen-bond acceptors (Lipinski definition) is 7. The van der Waals surface area contributed by atoms with Gasteiger partial charge in [0.1, 0.15) is 5.82 Å². The van der Waals surface area contributed by atoms with Gasteiger partial charge < -0.3 is 15.2 Å². The molecular formula is C16H16N6O. The lowest BCUT2D eigenvalue weighted by Gasteiger charge is -2.16. The fourth-order valence-corrected chi connectivity index (χ4v) is 2.65. The Balaban J connectivity index is 1.56. The zero-order valence-corrected chi connectivity index (χ0v) is 12.5. The van der Waals surface area contributed by atoms with E-state index < -0.39 is 0 Å². The lowest BCUT2D eigenvalue weighted by Crippen LogP contribution is -2.26. The van der Waals surface area contributed by atoms with Crippen molar-refractivity contribution in [3.8, 4) is 22.8 Å². The first-order valence-electron chi connectivity index (χ1n) is 7.50. The molecule has 3 aromatic rings. The van der Waals surface area contributed by atoms with E-state index in [0.29, 0.717) is 11.7 Å². The molecule has 0 aromatic carbocycles. The molecule has 0 spiro atoms. The van der Waals surface area contributed by atoms with Crippen molar-refractivity contribution in [2.24, 2.45) is 5.73 Å². The van der Waals surface area contributed by atoms with Crippen LogP contribution < -0.4 is 10.6 Å². The van der Waals surface area contributed by atoms with Crippen molar-refractivity contribution in [2.75, 3.05) is 18.0 Å². The van der Waals surface area contributed by atoms with E-state index >= 15 is 0 Å². The Labute approximate surface area is 133 Å². The first-order valence-corrected chi connectivity index (χ1v) is 7.50. The van der Waals surface area contributed by atoms with Gasteiger partial charge in [-0.05, 0) is 30.7 Å². The minimum atomic E-state index is 0.231. The summed E-state index contributed by atoms with van der Waals surface area (Å²) in [6.07, 6.45) is 6.16. The molecule has 0 amide bonds. The molecule has 7 nitrogen and oxygen atoms in total. The van der Waals surface area contributed by atoms with Gasteiger partial charge in [-0.25, -0.2) is 4.98 Å². The number of rotatable bonds is 3. The first-order chi connectivity index (χ1) is 11.3. The molecule has 3 aromatic heterocycles. The molecule has 116 valence electrons. The monoisotopic (exact) mass is 308 g/mol. The van der Waals surface area contributed by atoms with Crippen LogP contribution in [0.5, 0.6) is 0 Å². The minimum absolute atomic E-state index is 0.231. The van der Waals surface area contributed by atoms with Crippen molar-refractivity contribution < 1.29 is 4.52 Å². The third-order valence-electron chi connectivity index (χ3n) is 3.89. The Morgan fingerprint density at radius 1 is 1.17 bits per heavy atom. The van der Waals surface area contributed by atoms with Gasteiger partial charge in [0.15, 0.2) is 0 Å². The maximum absolute atomic E-state index is 5.93. The van der Waals surface area contributed by atoms with Crippen LogP contribution in [-0.4, -0.2) is 39.2 Å². The van der Waals surface area contributed by atoms with E-state index in [4.69, 9.17) is 10.3 Å². The molecule has 7 heteroatoms. The average Bonchev–Trinajstić information content (AvgIpc) is 3.25. The molecule has 2 N–H and O–H groups in total. The third kappa shape index (κ3) is 2.78. The second-order valence-corrected chi connectivity index (χ2v) is 5.56. The Kier molecular flexibility index (Phi) is 3.47. The van der Waals surface area contributed by atoms with Crippen LogP contribution >= 0.6 is 0 Å².